The van der Waals surface area contributed by atoms with Gasteiger partial charge in [0.1, 0.15) is 0 Å². The number of rotatable bonds is 12. The van der Waals surface area contributed by atoms with Gasteiger partial charge in [0, 0.05) is 58.6 Å². The number of hydroxylamine groups is 1. The van der Waals surface area contributed by atoms with E-state index in [1.165, 1.54) is 35.6 Å². The van der Waals surface area contributed by atoms with E-state index >= 15 is 0 Å². The molecule has 2 saturated heterocycles. The molecule has 1 amide bonds. The molecule has 0 aliphatic carbocycles. The molecular formula is C25H44Cl2N4O5S. The first kappa shape index (κ1) is 33.9. The summed E-state index contributed by atoms with van der Waals surface area (Å²) in [5, 5.41) is 9.39. The number of carbonyl (C=O) groups excluding carboxylic acids is 1. The topological polar surface area (TPSA) is 102 Å². The molecule has 2 aliphatic rings. The summed E-state index contributed by atoms with van der Waals surface area (Å²) in [5.74, 6) is -0.833. The van der Waals surface area contributed by atoms with Gasteiger partial charge < -0.3 is 14.5 Å². The van der Waals surface area contributed by atoms with Crippen LogP contribution in [-0.2, 0) is 26.0 Å². The summed E-state index contributed by atoms with van der Waals surface area (Å²) in [7, 11) is -2.33. The number of amides is 1. The highest BCUT2D eigenvalue weighted by molar-refractivity contribution is 7.91. The SMILES string of the molecule is CCCCCCc1ccc(N2CCN(S(=O)(=O)C3(C(=O)NO)CCN(CCOC)CC3)CC2)cc1.Cl.Cl. The summed E-state index contributed by atoms with van der Waals surface area (Å²) >= 11 is 0. The Morgan fingerprint density at radius 3 is 2.16 bits per heavy atom. The first-order chi connectivity index (χ1) is 16.9. The number of methoxy groups -OCH3 is 1. The summed E-state index contributed by atoms with van der Waals surface area (Å²) in [5.41, 5.74) is 4.07. The molecule has 0 aromatic heterocycles. The average Bonchev–Trinajstić information content (AvgIpc) is 2.90. The van der Waals surface area contributed by atoms with E-state index in [0.717, 1.165) is 12.1 Å². The van der Waals surface area contributed by atoms with Crippen molar-refractivity contribution in [3.8, 4) is 0 Å². The van der Waals surface area contributed by atoms with Crippen LogP contribution in [0, 0.1) is 0 Å². The van der Waals surface area contributed by atoms with Crippen molar-refractivity contribution in [2.45, 2.75) is 56.6 Å². The van der Waals surface area contributed by atoms with Crippen LogP contribution >= 0.6 is 24.8 Å². The maximum atomic E-state index is 13.7. The summed E-state index contributed by atoms with van der Waals surface area (Å²) < 4.78 is 32.3. The number of nitrogens with zero attached hydrogens (tertiary/aromatic N) is 3. The second-order valence-electron chi connectivity index (χ2n) is 9.64. The lowest BCUT2D eigenvalue weighted by atomic mass is 9.95. The van der Waals surface area contributed by atoms with Gasteiger partial charge in [-0.3, -0.25) is 10.0 Å². The summed E-state index contributed by atoms with van der Waals surface area (Å²) in [6.45, 7) is 6.12. The molecule has 9 nitrogen and oxygen atoms in total. The van der Waals surface area contributed by atoms with Crippen molar-refractivity contribution in [1.82, 2.24) is 14.7 Å². The Hall–Kier alpha value is -1.14. The fourth-order valence-electron chi connectivity index (χ4n) is 5.13. The van der Waals surface area contributed by atoms with Crippen LogP contribution in [0.3, 0.4) is 0 Å². The number of piperazine rings is 1. The van der Waals surface area contributed by atoms with E-state index < -0.39 is 20.7 Å². The minimum Gasteiger partial charge on any atom is -0.383 e. The summed E-state index contributed by atoms with van der Waals surface area (Å²) in [6, 6.07) is 8.58. The van der Waals surface area contributed by atoms with Crippen molar-refractivity contribution in [1.29, 1.82) is 0 Å². The first-order valence-electron chi connectivity index (χ1n) is 12.9. The number of ether oxygens (including phenoxy) is 1. The number of hydrogen-bond acceptors (Lipinski definition) is 7. The number of piperidine rings is 1. The van der Waals surface area contributed by atoms with Gasteiger partial charge in [-0.25, -0.2) is 13.9 Å². The van der Waals surface area contributed by atoms with Gasteiger partial charge in [0.25, 0.3) is 5.91 Å². The zero-order valence-corrected chi connectivity index (χ0v) is 24.5. The van der Waals surface area contributed by atoms with E-state index in [-0.39, 0.29) is 37.7 Å². The predicted octanol–water partition coefficient (Wildman–Crippen LogP) is 3.09. The second kappa shape index (κ2) is 16.1. The number of hydrogen-bond donors (Lipinski definition) is 2. The zero-order valence-electron chi connectivity index (χ0n) is 22.1. The van der Waals surface area contributed by atoms with E-state index in [2.05, 4.69) is 41.0 Å². The van der Waals surface area contributed by atoms with Gasteiger partial charge in [-0.1, -0.05) is 38.3 Å². The Balaban J connectivity index is 0.00000342. The van der Waals surface area contributed by atoms with Crippen molar-refractivity contribution in [3.63, 3.8) is 0 Å². The van der Waals surface area contributed by atoms with Gasteiger partial charge in [-0.15, -0.1) is 24.8 Å². The van der Waals surface area contributed by atoms with Crippen LogP contribution in [0.1, 0.15) is 51.0 Å². The Kier molecular flexibility index (Phi) is 14.7. The number of nitrogens with one attached hydrogen (secondary N) is 1. The number of sulfonamides is 1. The van der Waals surface area contributed by atoms with Gasteiger partial charge >= 0.3 is 0 Å². The van der Waals surface area contributed by atoms with Gasteiger partial charge in [0.15, 0.2) is 4.75 Å². The van der Waals surface area contributed by atoms with Crippen molar-refractivity contribution >= 4 is 46.4 Å². The molecule has 2 aliphatic heterocycles. The highest BCUT2D eigenvalue weighted by Gasteiger charge is 2.55. The van der Waals surface area contributed by atoms with Crippen LogP contribution < -0.4 is 10.4 Å². The molecule has 2 fully saturated rings. The summed E-state index contributed by atoms with van der Waals surface area (Å²) in [4.78, 5) is 17.0. The quantitative estimate of drug-likeness (QED) is 0.222. The Labute approximate surface area is 234 Å². The largest absolute Gasteiger partial charge is 0.383 e. The molecule has 12 heteroatoms. The van der Waals surface area contributed by atoms with Crippen molar-refractivity contribution < 1.29 is 23.2 Å². The lowest BCUT2D eigenvalue weighted by Gasteiger charge is -2.44. The van der Waals surface area contributed by atoms with Crippen molar-refractivity contribution in [2.75, 3.05) is 64.4 Å². The van der Waals surface area contributed by atoms with Crippen LogP contribution in [0.25, 0.3) is 0 Å². The van der Waals surface area contributed by atoms with Gasteiger partial charge in [0.05, 0.1) is 6.61 Å². The maximum Gasteiger partial charge on any atom is 0.266 e. The highest BCUT2D eigenvalue weighted by Crippen LogP contribution is 2.34. The molecule has 0 spiro atoms. The standard InChI is InChI=1S/C25H42N4O5S.2ClH/c1-3-4-5-6-7-22-8-10-23(11-9-22)28-16-18-29(19-17-28)35(32,33)25(24(30)26-31)12-14-27(15-13-25)20-21-34-2;;/h8-11,31H,3-7,12-21H2,1-2H3,(H,26,30);2*1H. The predicted molar refractivity (Wildman–Crippen MR) is 152 cm³/mol. The third-order valence-electron chi connectivity index (χ3n) is 7.48. The number of aryl methyl sites for hydroxylation is 1. The number of anilines is 1. The van der Waals surface area contributed by atoms with E-state index in [0.29, 0.717) is 52.4 Å². The maximum absolute atomic E-state index is 13.7. The number of likely N-dealkylation sites (tertiary alicyclic amines) is 1. The molecule has 0 bridgehead atoms. The minimum absolute atomic E-state index is 0. The normalized spacial score (nSPS) is 18.5. The van der Waals surface area contributed by atoms with E-state index in [9.17, 15) is 18.4 Å². The van der Waals surface area contributed by atoms with Gasteiger partial charge in [-0.05, 0) is 43.4 Å². The molecule has 0 unspecified atom stereocenters. The van der Waals surface area contributed by atoms with Crippen LogP contribution in [0.2, 0.25) is 0 Å². The molecule has 1 aromatic rings. The highest BCUT2D eigenvalue weighted by atomic mass is 35.5. The van der Waals surface area contributed by atoms with Gasteiger partial charge in [0.2, 0.25) is 10.0 Å². The molecule has 0 atom stereocenters. The molecule has 3 rings (SSSR count). The number of unbranched alkanes of at least 4 members (excludes halogenated alkanes) is 3. The minimum atomic E-state index is -3.95. The molecule has 37 heavy (non-hydrogen) atoms. The molecule has 0 radical (unpaired) electrons. The fourth-order valence-corrected chi connectivity index (χ4v) is 7.24. The Morgan fingerprint density at radius 1 is 1.00 bits per heavy atom. The van der Waals surface area contributed by atoms with Crippen LogP contribution in [0.5, 0.6) is 0 Å². The van der Waals surface area contributed by atoms with Gasteiger partial charge in [-0.2, -0.15) is 4.31 Å². The monoisotopic (exact) mass is 582 g/mol. The average molecular weight is 584 g/mol. The smallest absolute Gasteiger partial charge is 0.266 e. The second-order valence-corrected chi connectivity index (χ2v) is 11.9. The van der Waals surface area contributed by atoms with Crippen LogP contribution in [-0.4, -0.2) is 93.0 Å². The van der Waals surface area contributed by atoms with Crippen LogP contribution in [0.4, 0.5) is 5.69 Å². The van der Waals surface area contributed by atoms with Crippen molar-refractivity contribution in [3.05, 3.63) is 29.8 Å². The lowest BCUT2D eigenvalue weighted by molar-refractivity contribution is -0.133. The van der Waals surface area contributed by atoms with Crippen LogP contribution in [0.15, 0.2) is 24.3 Å². The zero-order chi connectivity index (χ0) is 25.3. The van der Waals surface area contributed by atoms with Crippen molar-refractivity contribution in [2.24, 2.45) is 0 Å². The van der Waals surface area contributed by atoms with E-state index in [1.54, 1.807) is 12.6 Å². The molecule has 1 aromatic carbocycles. The molecule has 0 saturated carbocycles. The lowest BCUT2D eigenvalue weighted by Crippen LogP contribution is -2.63. The molecule has 2 N–H and O–H groups in total. The first-order valence-corrected chi connectivity index (χ1v) is 14.3. The van der Waals surface area contributed by atoms with E-state index in [1.807, 2.05) is 0 Å². The molecular weight excluding hydrogens is 539 g/mol. The fraction of sp³-hybridized carbons (Fsp3) is 0.720. The molecule has 214 valence electrons. The number of benzene rings is 1. The number of carbonyl (C=O) groups is 1. The Morgan fingerprint density at radius 2 is 1.62 bits per heavy atom. The van der Waals surface area contributed by atoms with E-state index in [4.69, 9.17) is 4.74 Å². The summed E-state index contributed by atoms with van der Waals surface area (Å²) in [6.07, 6.45) is 6.35. The third kappa shape index (κ3) is 8.17. The number of halogens is 2. The molecule has 2 heterocycles. The third-order valence-corrected chi connectivity index (χ3v) is 10.1. The Bertz CT molecular complexity index is 904.